The van der Waals surface area contributed by atoms with Crippen molar-refractivity contribution in [1.82, 2.24) is 20.2 Å². The van der Waals surface area contributed by atoms with Gasteiger partial charge in [0, 0.05) is 17.9 Å². The van der Waals surface area contributed by atoms with Gasteiger partial charge in [0.25, 0.3) is 0 Å². The molecule has 1 heterocycles. The quantitative estimate of drug-likeness (QED) is 0.806. The second-order valence-corrected chi connectivity index (χ2v) is 5.12. The topological polar surface area (TPSA) is 41.1 Å². The van der Waals surface area contributed by atoms with Crippen LogP contribution in [-0.4, -0.2) is 41.0 Å². The Hall–Kier alpha value is -1.00. The predicted molar refractivity (Wildman–Crippen MR) is 75.4 cm³/mol. The van der Waals surface area contributed by atoms with Crippen LogP contribution in [0.5, 0.6) is 0 Å². The van der Waals surface area contributed by atoms with E-state index in [1.54, 1.807) is 12.4 Å². The molecule has 2 atom stereocenters. The van der Waals surface area contributed by atoms with Gasteiger partial charge in [-0.3, -0.25) is 9.97 Å². The highest BCUT2D eigenvalue weighted by atomic mass is 15.2. The van der Waals surface area contributed by atoms with Gasteiger partial charge in [-0.1, -0.05) is 13.8 Å². The standard InChI is InChI=1S/C14H26N4/c1-6-8-17-13(12-11-15-9-10-16-12)14(3,7-2)18(4)5/h9-11,13,17H,6-8H2,1-5H3. The zero-order chi connectivity index (χ0) is 13.6. The molecule has 1 N–H and O–H groups in total. The van der Waals surface area contributed by atoms with Crippen molar-refractivity contribution in [2.24, 2.45) is 0 Å². The van der Waals surface area contributed by atoms with E-state index in [0.717, 1.165) is 25.1 Å². The molecule has 0 aliphatic rings. The Balaban J connectivity index is 3.04. The number of hydrogen-bond donors (Lipinski definition) is 1. The second-order valence-electron chi connectivity index (χ2n) is 5.12. The fourth-order valence-corrected chi connectivity index (χ4v) is 2.17. The third-order valence-corrected chi connectivity index (χ3v) is 3.84. The van der Waals surface area contributed by atoms with Crippen LogP contribution in [0.4, 0.5) is 0 Å². The van der Waals surface area contributed by atoms with Crippen molar-refractivity contribution >= 4 is 0 Å². The Morgan fingerprint density at radius 3 is 2.50 bits per heavy atom. The summed E-state index contributed by atoms with van der Waals surface area (Å²) in [4.78, 5) is 10.9. The molecule has 0 aromatic carbocycles. The minimum absolute atomic E-state index is 0.0329. The number of aromatic nitrogens is 2. The molecule has 2 unspecified atom stereocenters. The molecular formula is C14H26N4. The summed E-state index contributed by atoms with van der Waals surface area (Å²) in [6.45, 7) is 7.66. The van der Waals surface area contributed by atoms with Crippen LogP contribution in [0.3, 0.4) is 0 Å². The van der Waals surface area contributed by atoms with Gasteiger partial charge in [0.1, 0.15) is 0 Å². The Labute approximate surface area is 111 Å². The van der Waals surface area contributed by atoms with E-state index in [4.69, 9.17) is 0 Å². The van der Waals surface area contributed by atoms with Crippen LogP contribution in [0.2, 0.25) is 0 Å². The molecule has 4 heteroatoms. The summed E-state index contributed by atoms with van der Waals surface area (Å²) in [6, 6.07) is 0.200. The molecule has 0 saturated carbocycles. The van der Waals surface area contributed by atoms with Crippen LogP contribution in [0.15, 0.2) is 18.6 Å². The maximum absolute atomic E-state index is 4.48. The summed E-state index contributed by atoms with van der Waals surface area (Å²) in [6.07, 6.45) is 7.52. The zero-order valence-corrected chi connectivity index (χ0v) is 12.3. The van der Waals surface area contributed by atoms with E-state index in [9.17, 15) is 0 Å². The van der Waals surface area contributed by atoms with Crippen molar-refractivity contribution in [3.05, 3.63) is 24.3 Å². The second kappa shape index (κ2) is 6.81. The highest BCUT2D eigenvalue weighted by Gasteiger charge is 2.36. The molecule has 0 bridgehead atoms. The van der Waals surface area contributed by atoms with E-state index in [1.165, 1.54) is 0 Å². The van der Waals surface area contributed by atoms with Gasteiger partial charge in [0.05, 0.1) is 17.9 Å². The largest absolute Gasteiger partial charge is 0.307 e. The number of hydrogen-bond acceptors (Lipinski definition) is 4. The van der Waals surface area contributed by atoms with E-state index in [-0.39, 0.29) is 11.6 Å². The molecular weight excluding hydrogens is 224 g/mol. The predicted octanol–water partition coefficient (Wildman–Crippen LogP) is 2.25. The van der Waals surface area contributed by atoms with Crippen molar-refractivity contribution in [3.8, 4) is 0 Å². The molecule has 4 nitrogen and oxygen atoms in total. The lowest BCUT2D eigenvalue weighted by Crippen LogP contribution is -2.51. The number of nitrogens with zero attached hydrogens (tertiary/aromatic N) is 3. The Kier molecular flexibility index (Phi) is 5.69. The van der Waals surface area contributed by atoms with Gasteiger partial charge in [-0.15, -0.1) is 0 Å². The third-order valence-electron chi connectivity index (χ3n) is 3.84. The lowest BCUT2D eigenvalue weighted by Gasteiger charge is -2.42. The van der Waals surface area contributed by atoms with Gasteiger partial charge in [-0.25, -0.2) is 0 Å². The minimum atomic E-state index is 0.0329. The molecule has 0 aliphatic heterocycles. The van der Waals surface area contributed by atoms with Crippen LogP contribution in [-0.2, 0) is 0 Å². The molecule has 0 amide bonds. The molecule has 1 aromatic heterocycles. The monoisotopic (exact) mass is 250 g/mol. The van der Waals surface area contributed by atoms with E-state index in [0.29, 0.717) is 0 Å². The highest BCUT2D eigenvalue weighted by Crippen LogP contribution is 2.31. The number of nitrogens with one attached hydrogen (secondary N) is 1. The normalized spacial score (nSPS) is 16.6. The molecule has 0 saturated heterocycles. The van der Waals surface area contributed by atoms with Crippen molar-refractivity contribution < 1.29 is 0 Å². The number of rotatable bonds is 7. The average Bonchev–Trinajstić information content (AvgIpc) is 2.39. The van der Waals surface area contributed by atoms with Crippen LogP contribution < -0.4 is 5.32 Å². The summed E-state index contributed by atoms with van der Waals surface area (Å²) in [7, 11) is 4.25. The van der Waals surface area contributed by atoms with E-state index in [2.05, 4.69) is 55.1 Å². The van der Waals surface area contributed by atoms with Gasteiger partial charge >= 0.3 is 0 Å². The van der Waals surface area contributed by atoms with Gasteiger partial charge in [-0.05, 0) is 40.4 Å². The molecule has 0 aliphatic carbocycles. The first-order chi connectivity index (χ1) is 8.56. The van der Waals surface area contributed by atoms with Crippen LogP contribution in [0.25, 0.3) is 0 Å². The minimum Gasteiger partial charge on any atom is -0.307 e. The fourth-order valence-electron chi connectivity index (χ4n) is 2.17. The molecule has 18 heavy (non-hydrogen) atoms. The highest BCUT2D eigenvalue weighted by molar-refractivity contribution is 5.11. The molecule has 1 aromatic rings. The number of likely N-dealkylation sites (N-methyl/N-ethyl adjacent to an activating group) is 1. The van der Waals surface area contributed by atoms with Crippen LogP contribution in [0, 0.1) is 0 Å². The van der Waals surface area contributed by atoms with Crippen molar-refractivity contribution in [3.63, 3.8) is 0 Å². The zero-order valence-electron chi connectivity index (χ0n) is 12.3. The molecule has 0 spiro atoms. The summed E-state index contributed by atoms with van der Waals surface area (Å²) in [5.74, 6) is 0. The van der Waals surface area contributed by atoms with Crippen molar-refractivity contribution in [2.45, 2.75) is 45.2 Å². The molecule has 102 valence electrons. The van der Waals surface area contributed by atoms with E-state index >= 15 is 0 Å². The Morgan fingerprint density at radius 1 is 1.33 bits per heavy atom. The molecule has 0 fully saturated rings. The Bertz CT molecular complexity index is 339. The van der Waals surface area contributed by atoms with Gasteiger partial charge < -0.3 is 10.2 Å². The van der Waals surface area contributed by atoms with Gasteiger partial charge in [0.15, 0.2) is 0 Å². The SMILES string of the molecule is CCCNC(c1cnccn1)C(C)(CC)N(C)C. The summed E-state index contributed by atoms with van der Waals surface area (Å²) < 4.78 is 0. The lowest BCUT2D eigenvalue weighted by molar-refractivity contribution is 0.110. The van der Waals surface area contributed by atoms with Gasteiger partial charge in [-0.2, -0.15) is 0 Å². The summed E-state index contributed by atoms with van der Waals surface area (Å²) in [5.41, 5.74) is 1.05. The maximum Gasteiger partial charge on any atom is 0.0774 e. The molecule has 0 radical (unpaired) electrons. The third kappa shape index (κ3) is 3.27. The van der Waals surface area contributed by atoms with Crippen molar-refractivity contribution in [2.75, 3.05) is 20.6 Å². The van der Waals surface area contributed by atoms with Gasteiger partial charge in [0.2, 0.25) is 0 Å². The first kappa shape index (κ1) is 15.1. The molecule has 1 rings (SSSR count). The summed E-state index contributed by atoms with van der Waals surface area (Å²) in [5, 5.41) is 3.61. The lowest BCUT2D eigenvalue weighted by atomic mass is 9.86. The maximum atomic E-state index is 4.48. The van der Waals surface area contributed by atoms with Crippen LogP contribution >= 0.6 is 0 Å². The average molecular weight is 250 g/mol. The fraction of sp³-hybridized carbons (Fsp3) is 0.714. The van der Waals surface area contributed by atoms with Crippen molar-refractivity contribution in [1.29, 1.82) is 0 Å². The summed E-state index contributed by atoms with van der Waals surface area (Å²) >= 11 is 0. The first-order valence-corrected chi connectivity index (χ1v) is 6.73. The Morgan fingerprint density at radius 2 is 2.06 bits per heavy atom. The van der Waals surface area contributed by atoms with E-state index in [1.807, 2.05) is 6.20 Å². The first-order valence-electron chi connectivity index (χ1n) is 6.73. The smallest absolute Gasteiger partial charge is 0.0774 e. The van der Waals surface area contributed by atoms with E-state index < -0.39 is 0 Å². The van der Waals surface area contributed by atoms with Crippen LogP contribution in [0.1, 0.15) is 45.3 Å².